The van der Waals surface area contributed by atoms with E-state index in [9.17, 15) is 9.59 Å². The van der Waals surface area contributed by atoms with Crippen LogP contribution in [0, 0.1) is 0 Å². The number of fused-ring (bicyclic) bond motifs is 1. The molecule has 6 nitrogen and oxygen atoms in total. The second kappa shape index (κ2) is 6.78. The van der Waals surface area contributed by atoms with Gasteiger partial charge in [0.05, 0.1) is 17.5 Å². The minimum atomic E-state index is -0.971. The fraction of sp³-hybridized carbons (Fsp3) is 0.0556. The highest BCUT2D eigenvalue weighted by Gasteiger charge is 2.03. The van der Waals surface area contributed by atoms with Crippen molar-refractivity contribution in [3.8, 4) is 0 Å². The zero-order valence-corrected chi connectivity index (χ0v) is 12.7. The molecule has 0 bridgehead atoms. The van der Waals surface area contributed by atoms with Crippen molar-refractivity contribution in [1.82, 2.24) is 14.7 Å². The highest BCUT2D eigenvalue weighted by molar-refractivity contribution is 5.91. The summed E-state index contributed by atoms with van der Waals surface area (Å²) in [5.41, 5.74) is 2.68. The maximum absolute atomic E-state index is 11.9. The Kier molecular flexibility index (Phi) is 4.38. The smallest absolute Gasteiger partial charge is 0.335 e. The third kappa shape index (κ3) is 3.49. The summed E-state index contributed by atoms with van der Waals surface area (Å²) in [5, 5.41) is 11.6. The lowest BCUT2D eigenvalue weighted by Crippen LogP contribution is -2.20. The number of aromatic nitrogens is 2. The number of rotatable bonds is 5. The molecule has 0 spiro atoms. The van der Waals surface area contributed by atoms with Gasteiger partial charge in [-0.1, -0.05) is 18.2 Å². The van der Waals surface area contributed by atoms with E-state index in [1.807, 2.05) is 28.8 Å². The Balaban J connectivity index is 1.60. The van der Waals surface area contributed by atoms with Gasteiger partial charge >= 0.3 is 5.97 Å². The van der Waals surface area contributed by atoms with E-state index in [4.69, 9.17) is 5.11 Å². The summed E-state index contributed by atoms with van der Waals surface area (Å²) in [7, 11) is 0. The second-order valence-corrected chi connectivity index (χ2v) is 5.17. The molecule has 3 aromatic rings. The number of carbonyl (C=O) groups excluding carboxylic acids is 1. The van der Waals surface area contributed by atoms with Crippen LogP contribution in [0.2, 0.25) is 0 Å². The fourth-order valence-electron chi connectivity index (χ4n) is 2.25. The summed E-state index contributed by atoms with van der Waals surface area (Å²) in [6.07, 6.45) is 6.72. The molecular formula is C18H15N3O3. The van der Waals surface area contributed by atoms with E-state index < -0.39 is 5.97 Å². The largest absolute Gasteiger partial charge is 0.478 e. The first-order valence-electron chi connectivity index (χ1n) is 7.34. The molecule has 120 valence electrons. The van der Waals surface area contributed by atoms with Crippen molar-refractivity contribution < 1.29 is 14.7 Å². The highest BCUT2D eigenvalue weighted by Crippen LogP contribution is 2.08. The van der Waals surface area contributed by atoms with Gasteiger partial charge in [-0.05, 0) is 35.9 Å². The van der Waals surface area contributed by atoms with Crippen molar-refractivity contribution in [1.29, 1.82) is 0 Å². The molecule has 0 radical (unpaired) electrons. The zero-order valence-electron chi connectivity index (χ0n) is 12.7. The van der Waals surface area contributed by atoms with Crippen LogP contribution in [0.4, 0.5) is 0 Å². The summed E-state index contributed by atoms with van der Waals surface area (Å²) in [5.74, 6) is -1.20. The Morgan fingerprint density at radius 1 is 1.17 bits per heavy atom. The minimum Gasteiger partial charge on any atom is -0.478 e. The molecule has 2 aromatic heterocycles. The first kappa shape index (κ1) is 15.5. The van der Waals surface area contributed by atoms with Crippen LogP contribution in [0.3, 0.4) is 0 Å². The summed E-state index contributed by atoms with van der Waals surface area (Å²) < 4.78 is 1.88. The Morgan fingerprint density at radius 2 is 1.96 bits per heavy atom. The standard InChI is InChI=1S/C18H15N3O3/c22-17(20-11-13-4-6-14(7-5-13)18(23)24)9-8-15-12-19-16-3-1-2-10-21(15)16/h1-10,12H,11H2,(H,20,22)(H,23,24)/b9-8+. The van der Waals surface area contributed by atoms with Gasteiger partial charge in [0.15, 0.2) is 0 Å². The number of nitrogens with zero attached hydrogens (tertiary/aromatic N) is 2. The van der Waals surface area contributed by atoms with E-state index >= 15 is 0 Å². The average molecular weight is 321 g/mol. The maximum atomic E-state index is 11.9. The van der Waals surface area contributed by atoms with Crippen molar-refractivity contribution in [3.63, 3.8) is 0 Å². The molecule has 2 N–H and O–H groups in total. The Hall–Kier alpha value is -3.41. The van der Waals surface area contributed by atoms with Crippen molar-refractivity contribution in [3.05, 3.63) is 77.8 Å². The lowest BCUT2D eigenvalue weighted by molar-refractivity contribution is -0.116. The Labute approximate surface area is 138 Å². The molecule has 0 saturated carbocycles. The van der Waals surface area contributed by atoms with Gasteiger partial charge in [0.25, 0.3) is 0 Å². The van der Waals surface area contributed by atoms with Gasteiger partial charge in [-0.2, -0.15) is 0 Å². The summed E-state index contributed by atoms with van der Waals surface area (Å²) in [4.78, 5) is 26.9. The van der Waals surface area contributed by atoms with E-state index in [1.165, 1.54) is 18.2 Å². The van der Waals surface area contributed by atoms with Gasteiger partial charge in [0.2, 0.25) is 5.91 Å². The zero-order chi connectivity index (χ0) is 16.9. The van der Waals surface area contributed by atoms with Crippen LogP contribution < -0.4 is 5.32 Å². The third-order valence-electron chi connectivity index (χ3n) is 3.52. The van der Waals surface area contributed by atoms with Gasteiger partial charge in [-0.15, -0.1) is 0 Å². The first-order chi connectivity index (χ1) is 11.6. The van der Waals surface area contributed by atoms with Crippen molar-refractivity contribution in [2.24, 2.45) is 0 Å². The van der Waals surface area contributed by atoms with Crippen molar-refractivity contribution >= 4 is 23.6 Å². The number of aromatic carboxylic acids is 1. The molecule has 0 atom stereocenters. The predicted octanol–water partition coefficient (Wildman–Crippen LogP) is 2.36. The van der Waals surface area contributed by atoms with Crippen LogP contribution in [-0.4, -0.2) is 26.4 Å². The van der Waals surface area contributed by atoms with Crippen LogP contribution in [-0.2, 0) is 11.3 Å². The van der Waals surface area contributed by atoms with Gasteiger partial charge in [-0.3, -0.25) is 4.79 Å². The van der Waals surface area contributed by atoms with Gasteiger partial charge in [0, 0.05) is 18.8 Å². The van der Waals surface area contributed by atoms with Crippen LogP contribution in [0.5, 0.6) is 0 Å². The lowest BCUT2D eigenvalue weighted by Gasteiger charge is -2.03. The van der Waals surface area contributed by atoms with Crippen molar-refractivity contribution in [2.75, 3.05) is 0 Å². The number of carboxylic acids is 1. The number of amides is 1. The molecular weight excluding hydrogens is 306 g/mol. The molecule has 0 saturated heterocycles. The molecule has 6 heteroatoms. The molecule has 0 fully saturated rings. The van der Waals surface area contributed by atoms with E-state index in [-0.39, 0.29) is 11.5 Å². The van der Waals surface area contributed by atoms with Crippen LogP contribution in [0.1, 0.15) is 21.6 Å². The lowest BCUT2D eigenvalue weighted by atomic mass is 10.1. The van der Waals surface area contributed by atoms with Crippen molar-refractivity contribution in [2.45, 2.75) is 6.54 Å². The number of imidazole rings is 1. The summed E-state index contributed by atoms with van der Waals surface area (Å²) in [6, 6.07) is 12.1. The Morgan fingerprint density at radius 3 is 2.71 bits per heavy atom. The molecule has 24 heavy (non-hydrogen) atoms. The molecule has 0 aliphatic heterocycles. The van der Waals surface area contributed by atoms with Gasteiger partial charge < -0.3 is 14.8 Å². The molecule has 1 aromatic carbocycles. The molecule has 2 heterocycles. The number of benzene rings is 1. The quantitative estimate of drug-likeness (QED) is 0.707. The summed E-state index contributed by atoms with van der Waals surface area (Å²) in [6.45, 7) is 0.330. The number of hydrogen-bond donors (Lipinski definition) is 2. The summed E-state index contributed by atoms with van der Waals surface area (Å²) >= 11 is 0. The molecule has 0 unspecified atom stereocenters. The van der Waals surface area contributed by atoms with Crippen LogP contribution >= 0.6 is 0 Å². The molecule has 0 aliphatic rings. The number of carbonyl (C=O) groups is 2. The van der Waals surface area contributed by atoms with E-state index in [0.717, 1.165) is 16.9 Å². The SMILES string of the molecule is O=C(/C=C/c1cnc2ccccn12)NCc1ccc(C(=O)O)cc1. The molecule has 3 rings (SSSR count). The minimum absolute atomic E-state index is 0.220. The second-order valence-electron chi connectivity index (χ2n) is 5.17. The molecule has 1 amide bonds. The fourth-order valence-corrected chi connectivity index (χ4v) is 2.25. The van der Waals surface area contributed by atoms with Crippen LogP contribution in [0.15, 0.2) is 60.9 Å². The van der Waals surface area contributed by atoms with Crippen LogP contribution in [0.25, 0.3) is 11.7 Å². The van der Waals surface area contributed by atoms with E-state index in [2.05, 4.69) is 10.3 Å². The highest BCUT2D eigenvalue weighted by atomic mass is 16.4. The van der Waals surface area contributed by atoms with E-state index in [1.54, 1.807) is 24.4 Å². The monoisotopic (exact) mass is 321 g/mol. The third-order valence-corrected chi connectivity index (χ3v) is 3.52. The van der Waals surface area contributed by atoms with Gasteiger partial charge in [0.1, 0.15) is 5.65 Å². The topological polar surface area (TPSA) is 83.7 Å². The predicted molar refractivity (Wildman–Crippen MR) is 89.5 cm³/mol. The normalized spacial score (nSPS) is 11.0. The first-order valence-corrected chi connectivity index (χ1v) is 7.34. The molecule has 0 aliphatic carbocycles. The Bertz CT molecular complexity index is 911. The number of hydrogen-bond acceptors (Lipinski definition) is 3. The van der Waals surface area contributed by atoms with E-state index in [0.29, 0.717) is 6.54 Å². The number of carboxylic acid groups (broad SMARTS) is 1. The number of nitrogens with one attached hydrogen (secondary N) is 1. The number of pyridine rings is 1. The maximum Gasteiger partial charge on any atom is 0.335 e. The van der Waals surface area contributed by atoms with Gasteiger partial charge in [-0.25, -0.2) is 9.78 Å². The average Bonchev–Trinajstić information content (AvgIpc) is 3.01.